The van der Waals surface area contributed by atoms with Crippen molar-refractivity contribution in [3.63, 3.8) is 0 Å². The van der Waals surface area contributed by atoms with Gasteiger partial charge in [-0.1, -0.05) is 30.3 Å². The van der Waals surface area contributed by atoms with E-state index in [0.717, 1.165) is 5.56 Å². The zero-order valence-corrected chi connectivity index (χ0v) is 10.9. The SMILES string of the molecule is CC(=O)C1=CC(=O)N2[C@H](c3ccccc3)CO[C@@]12C. The summed E-state index contributed by atoms with van der Waals surface area (Å²) >= 11 is 0. The quantitative estimate of drug-likeness (QED) is 0.812. The fourth-order valence-corrected chi connectivity index (χ4v) is 2.93. The topological polar surface area (TPSA) is 46.6 Å². The molecule has 3 rings (SSSR count). The second-order valence-corrected chi connectivity index (χ2v) is 5.04. The summed E-state index contributed by atoms with van der Waals surface area (Å²) in [6.07, 6.45) is 1.40. The van der Waals surface area contributed by atoms with Gasteiger partial charge >= 0.3 is 0 Å². The number of nitrogens with zero attached hydrogens (tertiary/aromatic N) is 1. The van der Waals surface area contributed by atoms with E-state index in [1.807, 2.05) is 30.3 Å². The molecule has 19 heavy (non-hydrogen) atoms. The summed E-state index contributed by atoms with van der Waals surface area (Å²) in [4.78, 5) is 25.5. The number of rotatable bonds is 2. The summed E-state index contributed by atoms with van der Waals surface area (Å²) in [7, 11) is 0. The second kappa shape index (κ2) is 4.03. The minimum absolute atomic E-state index is 0.118. The standard InChI is InChI=1S/C15H15NO3/c1-10(17)12-8-14(18)16-13(9-19-15(12,16)2)11-6-4-3-5-7-11/h3-8,13H,9H2,1-2H3/t13-,15-/m0/s1. The third kappa shape index (κ3) is 1.64. The molecule has 2 heterocycles. The van der Waals surface area contributed by atoms with Gasteiger partial charge in [-0.3, -0.25) is 14.5 Å². The molecule has 1 aromatic carbocycles. The first kappa shape index (κ1) is 12.1. The molecule has 1 aromatic rings. The summed E-state index contributed by atoms with van der Waals surface area (Å²) in [6.45, 7) is 3.66. The molecule has 2 atom stereocenters. The van der Waals surface area contributed by atoms with Gasteiger partial charge in [0.15, 0.2) is 11.5 Å². The third-order valence-corrected chi connectivity index (χ3v) is 3.86. The van der Waals surface area contributed by atoms with E-state index in [1.54, 1.807) is 11.8 Å². The average Bonchev–Trinajstić information content (AvgIpc) is 2.86. The zero-order chi connectivity index (χ0) is 13.6. The average molecular weight is 257 g/mol. The molecule has 0 radical (unpaired) electrons. The molecular formula is C15H15NO3. The van der Waals surface area contributed by atoms with Crippen LogP contribution < -0.4 is 0 Å². The fourth-order valence-electron chi connectivity index (χ4n) is 2.93. The van der Waals surface area contributed by atoms with Crippen LogP contribution in [0.3, 0.4) is 0 Å². The lowest BCUT2D eigenvalue weighted by atomic mass is 10.0. The van der Waals surface area contributed by atoms with Crippen molar-refractivity contribution in [3.8, 4) is 0 Å². The number of fused-ring (bicyclic) bond motifs is 1. The maximum absolute atomic E-state index is 12.2. The number of ketones is 1. The summed E-state index contributed by atoms with van der Waals surface area (Å²) in [5.41, 5.74) is 0.553. The number of Topliss-reactive ketones (excluding diaryl/α,β-unsaturated/α-hetero) is 1. The minimum atomic E-state index is -0.913. The second-order valence-electron chi connectivity index (χ2n) is 5.04. The molecular weight excluding hydrogens is 242 g/mol. The largest absolute Gasteiger partial charge is 0.349 e. The van der Waals surface area contributed by atoms with E-state index in [1.165, 1.54) is 13.0 Å². The number of ether oxygens (including phenoxy) is 1. The van der Waals surface area contributed by atoms with Crippen LogP contribution in [0.1, 0.15) is 25.5 Å². The van der Waals surface area contributed by atoms with Crippen LogP contribution in [0.4, 0.5) is 0 Å². The number of benzene rings is 1. The number of amides is 1. The summed E-state index contributed by atoms with van der Waals surface area (Å²) in [5, 5.41) is 0. The number of carbonyl (C=O) groups excluding carboxylic acids is 2. The van der Waals surface area contributed by atoms with E-state index in [2.05, 4.69) is 0 Å². The van der Waals surface area contributed by atoms with Crippen LogP contribution in [-0.2, 0) is 14.3 Å². The molecule has 0 aliphatic carbocycles. The van der Waals surface area contributed by atoms with E-state index in [4.69, 9.17) is 4.74 Å². The van der Waals surface area contributed by atoms with Crippen molar-refractivity contribution >= 4 is 11.7 Å². The summed E-state index contributed by atoms with van der Waals surface area (Å²) in [6, 6.07) is 9.61. The van der Waals surface area contributed by atoms with Gasteiger partial charge in [-0.05, 0) is 19.4 Å². The summed E-state index contributed by atoms with van der Waals surface area (Å²) < 4.78 is 5.79. The predicted molar refractivity (Wildman–Crippen MR) is 69.2 cm³/mol. The molecule has 2 aliphatic heterocycles. The maximum atomic E-state index is 12.2. The molecule has 1 amide bonds. The van der Waals surface area contributed by atoms with Crippen molar-refractivity contribution < 1.29 is 14.3 Å². The van der Waals surface area contributed by atoms with Gasteiger partial charge in [-0.25, -0.2) is 0 Å². The Labute approximate surface area is 111 Å². The lowest BCUT2D eigenvalue weighted by molar-refractivity contribution is -0.135. The van der Waals surface area contributed by atoms with Gasteiger partial charge in [0.25, 0.3) is 0 Å². The van der Waals surface area contributed by atoms with Crippen molar-refractivity contribution in [2.75, 3.05) is 6.61 Å². The lowest BCUT2D eigenvalue weighted by Crippen LogP contribution is -2.43. The molecule has 4 nitrogen and oxygen atoms in total. The molecule has 1 fully saturated rings. The highest BCUT2D eigenvalue weighted by molar-refractivity contribution is 6.06. The van der Waals surface area contributed by atoms with Gasteiger partial charge in [0.2, 0.25) is 5.91 Å². The first-order valence-electron chi connectivity index (χ1n) is 6.29. The van der Waals surface area contributed by atoms with Crippen LogP contribution in [-0.4, -0.2) is 28.9 Å². The highest BCUT2D eigenvalue weighted by atomic mass is 16.5. The first-order valence-corrected chi connectivity index (χ1v) is 6.29. The molecule has 2 aliphatic rings. The first-order chi connectivity index (χ1) is 9.04. The van der Waals surface area contributed by atoms with E-state index < -0.39 is 5.72 Å². The Morgan fingerprint density at radius 3 is 2.68 bits per heavy atom. The Balaban J connectivity index is 2.01. The van der Waals surface area contributed by atoms with Gasteiger partial charge in [-0.2, -0.15) is 0 Å². The molecule has 0 N–H and O–H groups in total. The van der Waals surface area contributed by atoms with Gasteiger partial charge in [0.1, 0.15) is 0 Å². The lowest BCUT2D eigenvalue weighted by Gasteiger charge is -2.31. The zero-order valence-electron chi connectivity index (χ0n) is 10.9. The molecule has 0 saturated carbocycles. The number of carbonyl (C=O) groups is 2. The van der Waals surface area contributed by atoms with Gasteiger partial charge < -0.3 is 4.74 Å². The van der Waals surface area contributed by atoms with E-state index in [0.29, 0.717) is 12.2 Å². The smallest absolute Gasteiger partial charge is 0.250 e. The van der Waals surface area contributed by atoms with Crippen molar-refractivity contribution in [1.29, 1.82) is 0 Å². The van der Waals surface area contributed by atoms with Crippen molar-refractivity contribution in [2.45, 2.75) is 25.6 Å². The Hall–Kier alpha value is -1.94. The Morgan fingerprint density at radius 1 is 1.37 bits per heavy atom. The van der Waals surface area contributed by atoms with Crippen LogP contribution in [0, 0.1) is 0 Å². The molecule has 98 valence electrons. The predicted octanol–water partition coefficient (Wildman–Crippen LogP) is 1.83. The molecule has 0 unspecified atom stereocenters. The van der Waals surface area contributed by atoms with Crippen molar-refractivity contribution in [1.82, 2.24) is 4.90 Å². The monoisotopic (exact) mass is 257 g/mol. The fraction of sp³-hybridized carbons (Fsp3) is 0.333. The normalized spacial score (nSPS) is 29.4. The molecule has 0 bridgehead atoms. The van der Waals surface area contributed by atoms with E-state index >= 15 is 0 Å². The van der Waals surface area contributed by atoms with E-state index in [9.17, 15) is 9.59 Å². The Bertz CT molecular complexity index is 578. The highest BCUT2D eigenvalue weighted by Crippen LogP contribution is 2.45. The van der Waals surface area contributed by atoms with Crippen LogP contribution in [0.5, 0.6) is 0 Å². The van der Waals surface area contributed by atoms with Gasteiger partial charge in [0, 0.05) is 6.08 Å². The van der Waals surface area contributed by atoms with Gasteiger partial charge in [0.05, 0.1) is 18.2 Å². The van der Waals surface area contributed by atoms with Crippen LogP contribution in [0.15, 0.2) is 42.0 Å². The molecule has 0 aromatic heterocycles. The Kier molecular flexibility index (Phi) is 2.57. The Morgan fingerprint density at radius 2 is 2.05 bits per heavy atom. The molecule has 0 spiro atoms. The molecule has 1 saturated heterocycles. The maximum Gasteiger partial charge on any atom is 0.250 e. The third-order valence-electron chi connectivity index (χ3n) is 3.86. The van der Waals surface area contributed by atoms with Crippen LogP contribution in [0.25, 0.3) is 0 Å². The van der Waals surface area contributed by atoms with Crippen molar-refractivity contribution in [2.24, 2.45) is 0 Å². The molecule has 4 heteroatoms. The minimum Gasteiger partial charge on any atom is -0.349 e. The van der Waals surface area contributed by atoms with Crippen LogP contribution >= 0.6 is 0 Å². The highest BCUT2D eigenvalue weighted by Gasteiger charge is 2.54. The van der Waals surface area contributed by atoms with Crippen LogP contribution in [0.2, 0.25) is 0 Å². The number of hydrogen-bond acceptors (Lipinski definition) is 3. The van der Waals surface area contributed by atoms with Crippen molar-refractivity contribution in [3.05, 3.63) is 47.5 Å². The summed E-state index contributed by atoms with van der Waals surface area (Å²) in [5.74, 6) is -0.272. The van der Waals surface area contributed by atoms with Gasteiger partial charge in [-0.15, -0.1) is 0 Å². The van der Waals surface area contributed by atoms with E-state index in [-0.39, 0.29) is 17.7 Å². The number of hydrogen-bond donors (Lipinski definition) is 0.